The normalized spacial score (nSPS) is 12.1. The van der Waals surface area contributed by atoms with E-state index in [-0.39, 0.29) is 12.2 Å². The smallest absolute Gasteiger partial charge is 0.244 e. The van der Waals surface area contributed by atoms with E-state index in [2.05, 4.69) is 5.32 Å². The van der Waals surface area contributed by atoms with Gasteiger partial charge in [0.05, 0.1) is 19.1 Å². The van der Waals surface area contributed by atoms with Crippen molar-refractivity contribution in [2.24, 2.45) is 0 Å². The number of carbonyl (C=O) groups excluding carboxylic acids is 2. The largest absolute Gasteiger partial charge is 0.497 e. The number of methoxy groups -OCH3 is 1. The predicted molar refractivity (Wildman–Crippen MR) is 126 cm³/mol. The monoisotopic (exact) mass is 501 g/mol. The number of halogens is 2. The maximum absolute atomic E-state index is 13.3. The lowest BCUT2D eigenvalue weighted by Crippen LogP contribution is -2.50. The first-order chi connectivity index (χ1) is 15.0. The van der Waals surface area contributed by atoms with E-state index in [1.54, 1.807) is 36.4 Å². The lowest BCUT2D eigenvalue weighted by atomic mass is 10.1. The third kappa shape index (κ3) is 6.27. The molecule has 2 aromatic rings. The Kier molecular flexibility index (Phi) is 8.77. The molecule has 0 fully saturated rings. The summed E-state index contributed by atoms with van der Waals surface area (Å²) in [6, 6.07) is 10.3. The molecule has 2 amide bonds. The highest BCUT2D eigenvalue weighted by Crippen LogP contribution is 2.27. The molecule has 8 nitrogen and oxygen atoms in total. The summed E-state index contributed by atoms with van der Waals surface area (Å²) in [4.78, 5) is 26.9. The van der Waals surface area contributed by atoms with Crippen molar-refractivity contribution < 1.29 is 22.7 Å². The Morgan fingerprint density at radius 1 is 1.12 bits per heavy atom. The third-order valence-electron chi connectivity index (χ3n) is 4.82. The minimum atomic E-state index is -3.83. The quantitative estimate of drug-likeness (QED) is 0.569. The molecule has 0 aromatic heterocycles. The zero-order valence-corrected chi connectivity index (χ0v) is 20.5. The number of sulfonamides is 1. The number of ether oxygens (including phenoxy) is 1. The molecule has 174 valence electrons. The van der Waals surface area contributed by atoms with Gasteiger partial charge < -0.3 is 15.0 Å². The molecule has 0 unspecified atom stereocenters. The van der Waals surface area contributed by atoms with Crippen LogP contribution in [-0.2, 0) is 26.2 Å². The van der Waals surface area contributed by atoms with Crippen molar-refractivity contribution in [1.82, 2.24) is 10.2 Å². The summed E-state index contributed by atoms with van der Waals surface area (Å²) in [5, 5.41) is 3.15. The molecule has 2 aromatic carbocycles. The van der Waals surface area contributed by atoms with Gasteiger partial charge in [-0.2, -0.15) is 0 Å². The highest BCUT2D eigenvalue weighted by molar-refractivity contribution is 7.92. The number of hydrogen-bond donors (Lipinski definition) is 1. The SMILES string of the molecule is CNC(=O)[C@H](C)N(Cc1c(Cl)cccc1Cl)C(=O)CN(c1cccc(OC)c1)S(C)(=O)=O. The molecule has 0 heterocycles. The fourth-order valence-corrected chi connectivity index (χ4v) is 4.38. The van der Waals surface area contributed by atoms with Crippen LogP contribution < -0.4 is 14.4 Å². The van der Waals surface area contributed by atoms with Gasteiger partial charge >= 0.3 is 0 Å². The van der Waals surface area contributed by atoms with Crippen LogP contribution in [0.4, 0.5) is 5.69 Å². The number of likely N-dealkylation sites (N-methyl/N-ethyl adjacent to an activating group) is 1. The lowest BCUT2D eigenvalue weighted by Gasteiger charge is -2.31. The van der Waals surface area contributed by atoms with Gasteiger partial charge in [-0.3, -0.25) is 13.9 Å². The fourth-order valence-electron chi connectivity index (χ4n) is 3.02. The summed E-state index contributed by atoms with van der Waals surface area (Å²) < 4.78 is 31.1. The van der Waals surface area contributed by atoms with E-state index in [1.807, 2.05) is 0 Å². The van der Waals surface area contributed by atoms with Gasteiger partial charge in [0.1, 0.15) is 18.3 Å². The Morgan fingerprint density at radius 3 is 2.25 bits per heavy atom. The summed E-state index contributed by atoms with van der Waals surface area (Å²) in [5.74, 6) is -0.596. The molecule has 2 rings (SSSR count). The Balaban J connectivity index is 2.45. The highest BCUT2D eigenvalue weighted by Gasteiger charge is 2.30. The molecule has 0 radical (unpaired) electrons. The van der Waals surface area contributed by atoms with Crippen molar-refractivity contribution >= 4 is 50.7 Å². The molecule has 0 aliphatic carbocycles. The minimum absolute atomic E-state index is 0.0817. The van der Waals surface area contributed by atoms with Gasteiger partial charge in [0.25, 0.3) is 0 Å². The third-order valence-corrected chi connectivity index (χ3v) is 6.67. The molecule has 0 bridgehead atoms. The standard InChI is InChI=1S/C21H25Cl2N3O5S/c1-14(21(28)24-2)25(12-17-18(22)9-6-10-19(17)23)20(27)13-26(32(4,29)30)15-7-5-8-16(11-15)31-3/h5-11,14H,12-13H2,1-4H3,(H,24,28)/t14-/m0/s1. The van der Waals surface area contributed by atoms with Crippen molar-refractivity contribution in [1.29, 1.82) is 0 Å². The van der Waals surface area contributed by atoms with Crippen molar-refractivity contribution in [3.05, 3.63) is 58.1 Å². The number of nitrogens with zero attached hydrogens (tertiary/aromatic N) is 2. The minimum Gasteiger partial charge on any atom is -0.497 e. The Labute approximate surface area is 198 Å². The lowest BCUT2D eigenvalue weighted by molar-refractivity contribution is -0.139. The molecule has 32 heavy (non-hydrogen) atoms. The van der Waals surface area contributed by atoms with Crippen LogP contribution >= 0.6 is 23.2 Å². The van der Waals surface area contributed by atoms with Gasteiger partial charge in [0, 0.05) is 35.3 Å². The molecular formula is C21H25Cl2N3O5S. The molecule has 0 saturated carbocycles. The second-order valence-corrected chi connectivity index (χ2v) is 9.70. The van der Waals surface area contributed by atoms with E-state index in [9.17, 15) is 18.0 Å². The number of amides is 2. The number of benzene rings is 2. The van der Waals surface area contributed by atoms with Crippen LogP contribution in [0.1, 0.15) is 12.5 Å². The van der Waals surface area contributed by atoms with Gasteiger partial charge in [0.2, 0.25) is 21.8 Å². The second kappa shape index (κ2) is 10.9. The number of carbonyl (C=O) groups is 2. The van der Waals surface area contributed by atoms with Crippen LogP contribution in [0.25, 0.3) is 0 Å². The molecule has 0 spiro atoms. The number of hydrogen-bond acceptors (Lipinski definition) is 5. The number of rotatable bonds is 9. The van der Waals surface area contributed by atoms with Gasteiger partial charge in [0.15, 0.2) is 0 Å². The second-order valence-electron chi connectivity index (χ2n) is 6.98. The Hall–Kier alpha value is -2.49. The summed E-state index contributed by atoms with van der Waals surface area (Å²) in [6.07, 6.45) is 0.997. The van der Waals surface area contributed by atoms with Crippen LogP contribution in [-0.4, -0.2) is 58.1 Å². The first-order valence-electron chi connectivity index (χ1n) is 9.55. The fraction of sp³-hybridized carbons (Fsp3) is 0.333. The van der Waals surface area contributed by atoms with Crippen LogP contribution in [0.5, 0.6) is 5.75 Å². The average Bonchev–Trinajstić information content (AvgIpc) is 2.75. The molecular weight excluding hydrogens is 477 g/mol. The van der Waals surface area contributed by atoms with Crippen molar-refractivity contribution in [2.75, 3.05) is 31.3 Å². The molecule has 1 atom stereocenters. The zero-order chi connectivity index (χ0) is 24.1. The molecule has 0 aliphatic rings. The van der Waals surface area contributed by atoms with Crippen molar-refractivity contribution in [3.8, 4) is 5.75 Å². The number of anilines is 1. The molecule has 1 N–H and O–H groups in total. The molecule has 0 aliphatic heterocycles. The summed E-state index contributed by atoms with van der Waals surface area (Å²) in [7, 11) is -0.934. The maximum Gasteiger partial charge on any atom is 0.244 e. The zero-order valence-electron chi connectivity index (χ0n) is 18.1. The first-order valence-corrected chi connectivity index (χ1v) is 12.2. The van der Waals surface area contributed by atoms with E-state index in [1.165, 1.54) is 32.0 Å². The van der Waals surface area contributed by atoms with E-state index >= 15 is 0 Å². The van der Waals surface area contributed by atoms with E-state index in [0.29, 0.717) is 21.4 Å². The highest BCUT2D eigenvalue weighted by atomic mass is 35.5. The average molecular weight is 502 g/mol. The van der Waals surface area contributed by atoms with Gasteiger partial charge in [-0.1, -0.05) is 35.3 Å². The summed E-state index contributed by atoms with van der Waals surface area (Å²) in [5.41, 5.74) is 0.704. The van der Waals surface area contributed by atoms with Crippen LogP contribution in [0.2, 0.25) is 10.0 Å². The Morgan fingerprint density at radius 2 is 1.72 bits per heavy atom. The topological polar surface area (TPSA) is 96.0 Å². The van der Waals surface area contributed by atoms with Crippen LogP contribution in [0, 0.1) is 0 Å². The van der Waals surface area contributed by atoms with Crippen molar-refractivity contribution in [3.63, 3.8) is 0 Å². The van der Waals surface area contributed by atoms with E-state index in [4.69, 9.17) is 27.9 Å². The van der Waals surface area contributed by atoms with E-state index in [0.717, 1.165) is 10.6 Å². The van der Waals surface area contributed by atoms with Gasteiger partial charge in [-0.05, 0) is 31.2 Å². The maximum atomic E-state index is 13.3. The predicted octanol–water partition coefficient (Wildman–Crippen LogP) is 2.93. The van der Waals surface area contributed by atoms with Gasteiger partial charge in [-0.25, -0.2) is 8.42 Å². The van der Waals surface area contributed by atoms with Gasteiger partial charge in [-0.15, -0.1) is 0 Å². The van der Waals surface area contributed by atoms with Crippen LogP contribution in [0.15, 0.2) is 42.5 Å². The van der Waals surface area contributed by atoms with Crippen LogP contribution in [0.3, 0.4) is 0 Å². The van der Waals surface area contributed by atoms with E-state index < -0.39 is 34.4 Å². The Bertz CT molecular complexity index is 1070. The molecule has 11 heteroatoms. The summed E-state index contributed by atoms with van der Waals surface area (Å²) >= 11 is 12.5. The molecule has 0 saturated heterocycles. The first kappa shape index (κ1) is 25.8. The number of nitrogens with one attached hydrogen (secondary N) is 1. The summed E-state index contributed by atoms with van der Waals surface area (Å²) in [6.45, 7) is 0.925. The van der Waals surface area contributed by atoms with Crippen molar-refractivity contribution in [2.45, 2.75) is 19.5 Å².